The Morgan fingerprint density at radius 3 is 2.33 bits per heavy atom. The summed E-state index contributed by atoms with van der Waals surface area (Å²) in [6.07, 6.45) is 9.41. The Balaban J connectivity index is 2.42. The molecule has 1 aliphatic carbocycles. The van der Waals surface area contributed by atoms with Crippen molar-refractivity contribution in [2.45, 2.75) is 85.1 Å². The molecule has 0 spiro atoms. The van der Waals surface area contributed by atoms with Crippen LogP contribution in [-0.2, 0) is 4.79 Å². The third kappa shape index (κ3) is 6.59. The van der Waals surface area contributed by atoms with Gasteiger partial charge in [-0.3, -0.25) is 4.79 Å². The summed E-state index contributed by atoms with van der Waals surface area (Å²) < 4.78 is 0. The smallest absolute Gasteiger partial charge is 0.223 e. The normalized spacial score (nSPS) is 24.6. The van der Waals surface area contributed by atoms with Crippen LogP contribution in [0.2, 0.25) is 0 Å². The Labute approximate surface area is 136 Å². The van der Waals surface area contributed by atoms with Gasteiger partial charge in [0.2, 0.25) is 5.91 Å². The fraction of sp³-hybridized carbons (Fsp3) is 0.944. The van der Waals surface area contributed by atoms with Crippen LogP contribution < -0.4 is 5.32 Å². The number of carbonyl (C=O) groups is 1. The fourth-order valence-corrected chi connectivity index (χ4v) is 3.54. The lowest BCUT2D eigenvalue weighted by molar-refractivity contribution is -0.127. The second-order valence-corrected chi connectivity index (χ2v) is 8.14. The van der Waals surface area contributed by atoms with Crippen molar-refractivity contribution >= 4 is 17.5 Å². The van der Waals surface area contributed by atoms with Gasteiger partial charge >= 0.3 is 0 Å². The average molecular weight is 316 g/mol. The Bertz CT molecular complexity index is 303. The summed E-state index contributed by atoms with van der Waals surface area (Å²) in [5, 5.41) is 3.26. The zero-order valence-corrected chi connectivity index (χ0v) is 15.1. The van der Waals surface area contributed by atoms with E-state index in [4.69, 9.17) is 11.6 Å². The molecular weight excluding hydrogens is 282 g/mol. The second-order valence-electron chi connectivity index (χ2n) is 7.76. The molecule has 1 atom stereocenters. The maximum Gasteiger partial charge on any atom is 0.223 e. The molecule has 0 bridgehead atoms. The summed E-state index contributed by atoms with van der Waals surface area (Å²) in [4.78, 5) is 12.5. The zero-order valence-electron chi connectivity index (χ0n) is 14.4. The van der Waals surface area contributed by atoms with Crippen LogP contribution in [0.15, 0.2) is 0 Å². The van der Waals surface area contributed by atoms with Crippen LogP contribution in [0.3, 0.4) is 0 Å². The highest BCUT2D eigenvalue weighted by Gasteiger charge is 2.30. The lowest BCUT2D eigenvalue weighted by atomic mass is 9.78. The zero-order chi connectivity index (χ0) is 15.9. The molecule has 21 heavy (non-hydrogen) atoms. The lowest BCUT2D eigenvalue weighted by Gasteiger charge is -2.34. The SMILES string of the molecule is CCCCC1CCC(C(=O)NC(CCCl)C(C)(C)C)CC1. The minimum Gasteiger partial charge on any atom is -0.353 e. The number of hydrogen-bond acceptors (Lipinski definition) is 1. The molecule has 0 aromatic carbocycles. The molecule has 1 fully saturated rings. The number of halogens is 1. The van der Waals surface area contributed by atoms with Crippen LogP contribution >= 0.6 is 11.6 Å². The molecule has 124 valence electrons. The third-order valence-corrected chi connectivity index (χ3v) is 5.16. The predicted molar refractivity (Wildman–Crippen MR) is 91.7 cm³/mol. The maximum atomic E-state index is 12.5. The molecule has 0 aromatic heterocycles. The molecule has 1 amide bonds. The van der Waals surface area contributed by atoms with E-state index in [1.54, 1.807) is 0 Å². The van der Waals surface area contributed by atoms with Gasteiger partial charge in [-0.05, 0) is 43.4 Å². The lowest BCUT2D eigenvalue weighted by Crippen LogP contribution is -2.46. The summed E-state index contributed by atoms with van der Waals surface area (Å²) in [6.45, 7) is 8.77. The Morgan fingerprint density at radius 1 is 1.24 bits per heavy atom. The largest absolute Gasteiger partial charge is 0.353 e. The first-order valence-electron chi connectivity index (χ1n) is 8.74. The first kappa shape index (κ1) is 18.8. The average Bonchev–Trinajstić information content (AvgIpc) is 2.44. The summed E-state index contributed by atoms with van der Waals surface area (Å²) in [5.74, 6) is 1.94. The quantitative estimate of drug-likeness (QED) is 0.647. The minimum absolute atomic E-state index is 0.0723. The summed E-state index contributed by atoms with van der Waals surface area (Å²) in [5.41, 5.74) is 0.0723. The molecule has 1 N–H and O–H groups in total. The van der Waals surface area contributed by atoms with E-state index in [9.17, 15) is 4.79 Å². The molecule has 0 saturated heterocycles. The van der Waals surface area contributed by atoms with Crippen molar-refractivity contribution < 1.29 is 4.79 Å². The number of amides is 1. The van der Waals surface area contributed by atoms with Crippen LogP contribution in [0.5, 0.6) is 0 Å². The van der Waals surface area contributed by atoms with Gasteiger partial charge in [-0.1, -0.05) is 47.0 Å². The van der Waals surface area contributed by atoms with E-state index in [-0.39, 0.29) is 23.3 Å². The van der Waals surface area contributed by atoms with Gasteiger partial charge in [-0.2, -0.15) is 0 Å². The van der Waals surface area contributed by atoms with Crippen LogP contribution in [0, 0.1) is 17.3 Å². The summed E-state index contributed by atoms with van der Waals surface area (Å²) >= 11 is 5.89. The molecule has 0 heterocycles. The van der Waals surface area contributed by atoms with E-state index in [0.717, 1.165) is 25.2 Å². The first-order chi connectivity index (χ1) is 9.88. The number of unbranched alkanes of at least 4 members (excludes halogenated alkanes) is 1. The van der Waals surface area contributed by atoms with Crippen LogP contribution in [0.25, 0.3) is 0 Å². The predicted octanol–water partition coefficient (Wildman–Crippen LogP) is 5.14. The number of hydrogen-bond donors (Lipinski definition) is 1. The Kier molecular flexibility index (Phi) is 8.08. The minimum atomic E-state index is 0.0723. The number of rotatable bonds is 7. The first-order valence-corrected chi connectivity index (χ1v) is 9.28. The monoisotopic (exact) mass is 315 g/mol. The molecule has 3 heteroatoms. The van der Waals surface area contributed by atoms with Crippen molar-refractivity contribution in [2.24, 2.45) is 17.3 Å². The molecule has 0 radical (unpaired) electrons. The molecule has 1 saturated carbocycles. The maximum absolute atomic E-state index is 12.5. The molecule has 1 rings (SSSR count). The van der Waals surface area contributed by atoms with Gasteiger partial charge in [0.25, 0.3) is 0 Å². The standard InChI is InChI=1S/C18H34ClNO/c1-5-6-7-14-8-10-15(11-9-14)17(21)20-16(12-13-19)18(2,3)4/h14-16H,5-13H2,1-4H3,(H,20,21). The molecule has 1 aliphatic rings. The Morgan fingerprint density at radius 2 is 1.86 bits per heavy atom. The van der Waals surface area contributed by atoms with Crippen molar-refractivity contribution in [3.63, 3.8) is 0 Å². The van der Waals surface area contributed by atoms with E-state index >= 15 is 0 Å². The van der Waals surface area contributed by atoms with Gasteiger partial charge in [0, 0.05) is 17.8 Å². The Hall–Kier alpha value is -0.240. The number of carbonyl (C=O) groups excluding carboxylic acids is 1. The van der Waals surface area contributed by atoms with E-state index in [1.165, 1.54) is 32.1 Å². The van der Waals surface area contributed by atoms with Gasteiger partial charge < -0.3 is 5.32 Å². The molecular formula is C18H34ClNO. The fourth-order valence-electron chi connectivity index (χ4n) is 3.33. The van der Waals surface area contributed by atoms with E-state index in [1.807, 2.05) is 0 Å². The number of alkyl halides is 1. The highest BCUT2D eigenvalue weighted by Crippen LogP contribution is 2.32. The van der Waals surface area contributed by atoms with Crippen molar-refractivity contribution in [1.29, 1.82) is 0 Å². The summed E-state index contributed by atoms with van der Waals surface area (Å²) in [7, 11) is 0. The summed E-state index contributed by atoms with van der Waals surface area (Å²) in [6, 6.07) is 0.181. The molecule has 0 aliphatic heterocycles. The molecule has 2 nitrogen and oxygen atoms in total. The van der Waals surface area contributed by atoms with Crippen LogP contribution in [0.1, 0.15) is 79.1 Å². The second kappa shape index (κ2) is 9.02. The van der Waals surface area contributed by atoms with E-state index < -0.39 is 0 Å². The van der Waals surface area contributed by atoms with Gasteiger partial charge in [-0.15, -0.1) is 11.6 Å². The van der Waals surface area contributed by atoms with Crippen molar-refractivity contribution in [3.05, 3.63) is 0 Å². The topological polar surface area (TPSA) is 29.1 Å². The van der Waals surface area contributed by atoms with Crippen molar-refractivity contribution in [2.75, 3.05) is 5.88 Å². The van der Waals surface area contributed by atoms with Gasteiger partial charge in [0.15, 0.2) is 0 Å². The van der Waals surface area contributed by atoms with Crippen LogP contribution in [-0.4, -0.2) is 17.8 Å². The van der Waals surface area contributed by atoms with Crippen LogP contribution in [0.4, 0.5) is 0 Å². The van der Waals surface area contributed by atoms with Crippen molar-refractivity contribution in [3.8, 4) is 0 Å². The van der Waals surface area contributed by atoms with Gasteiger partial charge in [-0.25, -0.2) is 0 Å². The highest BCUT2D eigenvalue weighted by atomic mass is 35.5. The number of nitrogens with one attached hydrogen (secondary N) is 1. The van der Waals surface area contributed by atoms with Crippen molar-refractivity contribution in [1.82, 2.24) is 5.32 Å². The van der Waals surface area contributed by atoms with E-state index in [0.29, 0.717) is 5.88 Å². The van der Waals surface area contributed by atoms with Gasteiger partial charge in [0.1, 0.15) is 0 Å². The molecule has 0 aromatic rings. The highest BCUT2D eigenvalue weighted by molar-refractivity contribution is 6.17. The third-order valence-electron chi connectivity index (χ3n) is 4.94. The molecule has 1 unspecified atom stereocenters. The van der Waals surface area contributed by atoms with Gasteiger partial charge in [0.05, 0.1) is 0 Å². The van der Waals surface area contributed by atoms with E-state index in [2.05, 4.69) is 33.0 Å².